The van der Waals surface area contributed by atoms with Crippen LogP contribution >= 0.6 is 27.3 Å². The van der Waals surface area contributed by atoms with Gasteiger partial charge in [-0.15, -0.1) is 11.3 Å². The van der Waals surface area contributed by atoms with E-state index in [0.717, 1.165) is 13.1 Å². The van der Waals surface area contributed by atoms with Crippen LogP contribution in [0.15, 0.2) is 46.4 Å². The molecule has 19 heavy (non-hydrogen) atoms. The zero-order chi connectivity index (χ0) is 13.2. The van der Waals surface area contributed by atoms with Gasteiger partial charge < -0.3 is 9.88 Å². The second-order valence-electron chi connectivity index (χ2n) is 4.57. The Morgan fingerprint density at radius 2 is 2.11 bits per heavy atom. The van der Waals surface area contributed by atoms with E-state index in [4.69, 9.17) is 0 Å². The van der Waals surface area contributed by atoms with E-state index in [-0.39, 0.29) is 0 Å². The Morgan fingerprint density at radius 3 is 2.84 bits per heavy atom. The van der Waals surface area contributed by atoms with Crippen molar-refractivity contribution in [2.24, 2.45) is 0 Å². The molecular weight excluding hydrogens is 320 g/mol. The SMILES string of the molecule is CNCc1ccc2ccn(Cc3ccc(Br)s3)c2c1. The molecule has 4 heteroatoms. The molecule has 1 aromatic carbocycles. The summed E-state index contributed by atoms with van der Waals surface area (Å²) in [7, 11) is 1.98. The Morgan fingerprint density at radius 1 is 1.21 bits per heavy atom. The third-order valence-electron chi connectivity index (χ3n) is 3.17. The summed E-state index contributed by atoms with van der Waals surface area (Å²) in [5, 5.41) is 4.50. The molecule has 0 atom stereocenters. The Labute approximate surface area is 125 Å². The van der Waals surface area contributed by atoms with Crippen molar-refractivity contribution >= 4 is 38.2 Å². The van der Waals surface area contributed by atoms with Crippen LogP contribution in [0.2, 0.25) is 0 Å². The number of aromatic nitrogens is 1. The maximum absolute atomic E-state index is 3.52. The van der Waals surface area contributed by atoms with E-state index >= 15 is 0 Å². The van der Waals surface area contributed by atoms with Gasteiger partial charge in [-0.1, -0.05) is 12.1 Å². The fourth-order valence-electron chi connectivity index (χ4n) is 2.29. The van der Waals surface area contributed by atoms with Crippen molar-refractivity contribution in [3.05, 3.63) is 56.8 Å². The van der Waals surface area contributed by atoms with Gasteiger partial charge >= 0.3 is 0 Å². The smallest absolute Gasteiger partial charge is 0.0702 e. The van der Waals surface area contributed by atoms with Gasteiger partial charge in [0, 0.05) is 23.1 Å². The van der Waals surface area contributed by atoms with E-state index in [0.29, 0.717) is 0 Å². The van der Waals surface area contributed by atoms with E-state index < -0.39 is 0 Å². The number of halogens is 1. The first-order chi connectivity index (χ1) is 9.26. The van der Waals surface area contributed by atoms with Crippen molar-refractivity contribution in [3.8, 4) is 0 Å². The highest BCUT2D eigenvalue weighted by molar-refractivity contribution is 9.11. The van der Waals surface area contributed by atoms with Gasteiger partial charge in [0.1, 0.15) is 0 Å². The number of nitrogens with one attached hydrogen (secondary N) is 1. The molecule has 0 bridgehead atoms. The predicted octanol–water partition coefficient (Wildman–Crippen LogP) is 4.23. The largest absolute Gasteiger partial charge is 0.342 e. The minimum atomic E-state index is 0.908. The number of thiophene rings is 1. The molecule has 3 aromatic rings. The second kappa shape index (κ2) is 5.49. The number of nitrogens with zero attached hydrogens (tertiary/aromatic N) is 1. The van der Waals surface area contributed by atoms with Crippen LogP contribution in [0.5, 0.6) is 0 Å². The molecule has 3 rings (SSSR count). The minimum absolute atomic E-state index is 0.908. The lowest BCUT2D eigenvalue weighted by Crippen LogP contribution is -2.05. The van der Waals surface area contributed by atoms with Crippen LogP contribution in [0, 0.1) is 0 Å². The van der Waals surface area contributed by atoms with Gasteiger partial charge in [0.2, 0.25) is 0 Å². The average molecular weight is 335 g/mol. The van der Waals surface area contributed by atoms with E-state index in [1.807, 2.05) is 7.05 Å². The van der Waals surface area contributed by atoms with Crippen LogP contribution in [0.1, 0.15) is 10.4 Å². The zero-order valence-electron chi connectivity index (χ0n) is 10.7. The third-order valence-corrected chi connectivity index (χ3v) is 4.78. The first-order valence-corrected chi connectivity index (χ1v) is 7.84. The fourth-order valence-corrected chi connectivity index (χ4v) is 3.77. The quantitative estimate of drug-likeness (QED) is 0.755. The molecule has 0 radical (unpaired) electrons. The Balaban J connectivity index is 1.96. The first kappa shape index (κ1) is 12.9. The summed E-state index contributed by atoms with van der Waals surface area (Å²) in [4.78, 5) is 1.36. The Hall–Kier alpha value is -1.10. The van der Waals surface area contributed by atoms with Crippen LogP contribution in [-0.2, 0) is 13.1 Å². The molecular formula is C15H15BrN2S. The Kier molecular flexibility index (Phi) is 3.73. The number of hydrogen-bond acceptors (Lipinski definition) is 2. The molecule has 0 fully saturated rings. The summed E-state index contributed by atoms with van der Waals surface area (Å²) in [6.07, 6.45) is 2.17. The summed E-state index contributed by atoms with van der Waals surface area (Å²) in [6.45, 7) is 1.84. The normalized spacial score (nSPS) is 11.3. The third kappa shape index (κ3) is 2.76. The van der Waals surface area contributed by atoms with E-state index in [1.165, 1.54) is 25.1 Å². The topological polar surface area (TPSA) is 17.0 Å². The van der Waals surface area contributed by atoms with Gasteiger partial charge in [0.25, 0.3) is 0 Å². The molecule has 0 aliphatic rings. The van der Waals surface area contributed by atoms with E-state index in [9.17, 15) is 0 Å². The second-order valence-corrected chi connectivity index (χ2v) is 7.12. The lowest BCUT2D eigenvalue weighted by Gasteiger charge is -2.06. The average Bonchev–Trinajstić information content (AvgIpc) is 2.98. The monoisotopic (exact) mass is 334 g/mol. The van der Waals surface area contributed by atoms with E-state index in [1.54, 1.807) is 11.3 Å². The highest BCUT2D eigenvalue weighted by Gasteiger charge is 2.04. The summed E-state index contributed by atoms with van der Waals surface area (Å²) in [6, 6.07) is 13.1. The van der Waals surface area contributed by atoms with Gasteiger partial charge in [-0.3, -0.25) is 0 Å². The zero-order valence-corrected chi connectivity index (χ0v) is 13.1. The molecule has 0 spiro atoms. The van der Waals surface area contributed by atoms with Gasteiger partial charge in [-0.05, 0) is 58.2 Å². The van der Waals surface area contributed by atoms with Crippen LogP contribution < -0.4 is 5.32 Å². The maximum Gasteiger partial charge on any atom is 0.0702 e. The molecule has 0 unspecified atom stereocenters. The molecule has 2 nitrogen and oxygen atoms in total. The molecule has 0 aliphatic carbocycles. The highest BCUT2D eigenvalue weighted by Crippen LogP contribution is 2.25. The van der Waals surface area contributed by atoms with Gasteiger partial charge in [-0.2, -0.15) is 0 Å². The molecule has 0 aliphatic heterocycles. The fraction of sp³-hybridized carbons (Fsp3) is 0.200. The molecule has 0 saturated heterocycles. The molecule has 0 saturated carbocycles. The van der Waals surface area contributed by atoms with Gasteiger partial charge in [0.15, 0.2) is 0 Å². The van der Waals surface area contributed by atoms with Gasteiger partial charge in [-0.25, -0.2) is 0 Å². The van der Waals surface area contributed by atoms with Crippen molar-refractivity contribution in [1.82, 2.24) is 9.88 Å². The highest BCUT2D eigenvalue weighted by atomic mass is 79.9. The summed E-state index contributed by atoms with van der Waals surface area (Å²) in [5.74, 6) is 0. The number of rotatable bonds is 4. The van der Waals surface area contributed by atoms with E-state index in [2.05, 4.69) is 68.4 Å². The number of hydrogen-bond donors (Lipinski definition) is 1. The van der Waals surface area contributed by atoms with Crippen LogP contribution in [0.25, 0.3) is 10.9 Å². The number of fused-ring (bicyclic) bond motifs is 1. The summed E-state index contributed by atoms with van der Waals surface area (Å²) < 4.78 is 3.50. The molecule has 0 amide bonds. The molecule has 2 heterocycles. The number of benzene rings is 1. The van der Waals surface area contributed by atoms with Crippen LogP contribution in [0.3, 0.4) is 0 Å². The van der Waals surface area contributed by atoms with Crippen molar-refractivity contribution in [3.63, 3.8) is 0 Å². The first-order valence-electron chi connectivity index (χ1n) is 6.23. The standard InChI is InChI=1S/C15H15BrN2S/c1-17-9-11-2-3-12-6-7-18(14(12)8-11)10-13-4-5-15(16)19-13/h2-8,17H,9-10H2,1H3. The summed E-state index contributed by atoms with van der Waals surface area (Å²) in [5.41, 5.74) is 2.62. The van der Waals surface area contributed by atoms with Crippen molar-refractivity contribution in [2.75, 3.05) is 7.05 Å². The lowest BCUT2D eigenvalue weighted by molar-refractivity contribution is 0.814. The van der Waals surface area contributed by atoms with Gasteiger partial charge in [0.05, 0.1) is 10.3 Å². The van der Waals surface area contributed by atoms with Crippen molar-refractivity contribution in [1.29, 1.82) is 0 Å². The van der Waals surface area contributed by atoms with Crippen LogP contribution in [0.4, 0.5) is 0 Å². The minimum Gasteiger partial charge on any atom is -0.342 e. The van der Waals surface area contributed by atoms with Crippen molar-refractivity contribution in [2.45, 2.75) is 13.1 Å². The predicted molar refractivity (Wildman–Crippen MR) is 85.8 cm³/mol. The Bertz CT molecular complexity index is 699. The molecule has 2 aromatic heterocycles. The maximum atomic E-state index is 3.52. The molecule has 98 valence electrons. The van der Waals surface area contributed by atoms with Crippen molar-refractivity contribution < 1.29 is 0 Å². The lowest BCUT2D eigenvalue weighted by atomic mass is 10.1. The van der Waals surface area contributed by atoms with Crippen LogP contribution in [-0.4, -0.2) is 11.6 Å². The summed E-state index contributed by atoms with van der Waals surface area (Å²) >= 11 is 5.31. The molecule has 1 N–H and O–H groups in total.